The summed E-state index contributed by atoms with van der Waals surface area (Å²) >= 11 is 8.40. The number of aryl methyl sites for hydroxylation is 1. The van der Waals surface area contributed by atoms with Gasteiger partial charge in [0.2, 0.25) is 0 Å². The number of benzene rings is 1. The van der Waals surface area contributed by atoms with E-state index in [0.29, 0.717) is 33.9 Å². The summed E-state index contributed by atoms with van der Waals surface area (Å²) in [5.74, 6) is -0.330. The number of amides is 1. The summed E-state index contributed by atoms with van der Waals surface area (Å²) in [6.45, 7) is 2.23. The van der Waals surface area contributed by atoms with Crippen molar-refractivity contribution in [2.24, 2.45) is 5.73 Å². The Hall–Kier alpha value is -3.08. The molecule has 0 bridgehead atoms. The molecule has 0 spiro atoms. The van der Waals surface area contributed by atoms with E-state index < -0.39 is 11.7 Å². The topological polar surface area (TPSA) is 106 Å². The first-order chi connectivity index (χ1) is 14.9. The number of halogens is 2. The van der Waals surface area contributed by atoms with Crippen molar-refractivity contribution in [1.82, 2.24) is 15.0 Å². The molecule has 3 heterocycles. The average molecular weight is 475 g/mol. The molecule has 0 aliphatic rings. The van der Waals surface area contributed by atoms with Gasteiger partial charge in [-0.1, -0.05) is 17.7 Å². The van der Waals surface area contributed by atoms with Crippen LogP contribution in [-0.4, -0.2) is 20.9 Å². The van der Waals surface area contributed by atoms with Crippen LogP contribution in [-0.2, 0) is 6.54 Å². The number of aromatic nitrogens is 3. The normalized spacial score (nSPS) is 10.8. The Bertz CT molecular complexity index is 1240. The van der Waals surface area contributed by atoms with Gasteiger partial charge in [-0.3, -0.25) is 4.79 Å². The second-order valence-corrected chi connectivity index (χ2v) is 8.78. The van der Waals surface area contributed by atoms with Crippen LogP contribution in [0.3, 0.4) is 0 Å². The molecule has 11 heteroatoms. The van der Waals surface area contributed by atoms with Gasteiger partial charge in [0.1, 0.15) is 11.6 Å². The predicted octanol–water partition coefficient (Wildman–Crippen LogP) is 5.22. The second-order valence-electron chi connectivity index (χ2n) is 6.49. The van der Waals surface area contributed by atoms with Gasteiger partial charge in [-0.2, -0.15) is 0 Å². The van der Waals surface area contributed by atoms with Crippen LogP contribution in [0.2, 0.25) is 5.02 Å². The van der Waals surface area contributed by atoms with E-state index in [4.69, 9.17) is 17.3 Å². The Labute approximate surface area is 190 Å². The Balaban J connectivity index is 1.40. The summed E-state index contributed by atoms with van der Waals surface area (Å²) < 4.78 is 13.8. The van der Waals surface area contributed by atoms with Crippen molar-refractivity contribution >= 4 is 56.8 Å². The molecule has 3 aromatic heterocycles. The number of primary amides is 1. The molecule has 1 aromatic carbocycles. The van der Waals surface area contributed by atoms with Crippen LogP contribution in [0.5, 0.6) is 0 Å². The Morgan fingerprint density at radius 1 is 1.26 bits per heavy atom. The van der Waals surface area contributed by atoms with Crippen molar-refractivity contribution in [3.63, 3.8) is 0 Å². The largest absolute Gasteiger partial charge is 0.379 e. The third-order valence-corrected chi connectivity index (χ3v) is 6.41. The third-order valence-electron chi connectivity index (χ3n) is 4.22. The van der Waals surface area contributed by atoms with Crippen molar-refractivity contribution in [2.75, 3.05) is 10.6 Å². The first-order valence-corrected chi connectivity index (χ1v) is 11.1. The fraction of sp³-hybridized carbons (Fsp3) is 0.100. The zero-order chi connectivity index (χ0) is 22.0. The van der Waals surface area contributed by atoms with Crippen molar-refractivity contribution < 1.29 is 9.18 Å². The van der Waals surface area contributed by atoms with Gasteiger partial charge in [0.15, 0.2) is 10.1 Å². The smallest absolute Gasteiger partial charge is 0.277 e. The van der Waals surface area contributed by atoms with E-state index in [1.54, 1.807) is 18.3 Å². The monoisotopic (exact) mass is 474 g/mol. The molecular formula is C20H16ClFN6OS2. The molecule has 0 aliphatic heterocycles. The number of nitrogens with two attached hydrogens (primary N) is 1. The molecule has 31 heavy (non-hydrogen) atoms. The van der Waals surface area contributed by atoms with Crippen LogP contribution in [0.25, 0.3) is 10.6 Å². The van der Waals surface area contributed by atoms with E-state index in [9.17, 15) is 9.18 Å². The number of carbonyl (C=O) groups is 1. The number of anilines is 3. The molecule has 1 amide bonds. The van der Waals surface area contributed by atoms with Crippen LogP contribution in [0, 0.1) is 12.7 Å². The van der Waals surface area contributed by atoms with Crippen molar-refractivity contribution in [3.05, 3.63) is 69.0 Å². The molecule has 4 N–H and O–H groups in total. The maximum Gasteiger partial charge on any atom is 0.277 e. The van der Waals surface area contributed by atoms with Crippen molar-refractivity contribution in [1.29, 1.82) is 0 Å². The van der Waals surface area contributed by atoms with Gasteiger partial charge in [-0.15, -0.1) is 22.7 Å². The summed E-state index contributed by atoms with van der Waals surface area (Å²) in [4.78, 5) is 25.2. The first-order valence-electron chi connectivity index (χ1n) is 9.03. The molecule has 0 atom stereocenters. The van der Waals surface area contributed by atoms with Gasteiger partial charge in [-0.25, -0.2) is 19.3 Å². The second kappa shape index (κ2) is 8.96. The number of hydrogen-bond donors (Lipinski definition) is 3. The highest BCUT2D eigenvalue weighted by Gasteiger charge is 2.16. The average Bonchev–Trinajstić information content (AvgIpc) is 3.35. The molecule has 0 saturated carbocycles. The van der Waals surface area contributed by atoms with Crippen LogP contribution >= 0.6 is 34.3 Å². The number of carbonyl (C=O) groups excluding carboxylic acids is 1. The van der Waals surface area contributed by atoms with E-state index in [0.717, 1.165) is 16.1 Å². The van der Waals surface area contributed by atoms with Crippen LogP contribution in [0.1, 0.15) is 21.1 Å². The predicted molar refractivity (Wildman–Crippen MR) is 123 cm³/mol. The fourth-order valence-corrected chi connectivity index (χ4v) is 4.54. The highest BCUT2D eigenvalue weighted by atomic mass is 35.5. The van der Waals surface area contributed by atoms with E-state index in [1.807, 2.05) is 24.4 Å². The number of nitrogens with zero attached hydrogens (tertiary/aromatic N) is 3. The van der Waals surface area contributed by atoms with E-state index >= 15 is 0 Å². The minimum Gasteiger partial charge on any atom is -0.379 e. The zero-order valence-corrected chi connectivity index (χ0v) is 18.5. The van der Waals surface area contributed by atoms with Gasteiger partial charge in [-0.05, 0) is 36.8 Å². The minimum atomic E-state index is -0.550. The number of nitrogens with one attached hydrogen (secondary N) is 2. The summed E-state index contributed by atoms with van der Waals surface area (Å²) in [6, 6.07) is 8.19. The van der Waals surface area contributed by atoms with Crippen molar-refractivity contribution in [2.45, 2.75) is 13.5 Å². The Morgan fingerprint density at radius 2 is 2.10 bits per heavy atom. The summed E-state index contributed by atoms with van der Waals surface area (Å²) in [6.07, 6.45) is 1.70. The highest BCUT2D eigenvalue weighted by molar-refractivity contribution is 7.18. The molecule has 7 nitrogen and oxygen atoms in total. The van der Waals surface area contributed by atoms with Crippen LogP contribution in [0.15, 0.2) is 41.9 Å². The molecule has 158 valence electrons. The highest BCUT2D eigenvalue weighted by Crippen LogP contribution is 2.33. The minimum absolute atomic E-state index is 0.263. The van der Waals surface area contributed by atoms with Gasteiger partial charge < -0.3 is 16.4 Å². The molecule has 0 aliphatic carbocycles. The van der Waals surface area contributed by atoms with E-state index in [2.05, 4.69) is 25.6 Å². The zero-order valence-electron chi connectivity index (χ0n) is 16.1. The first kappa shape index (κ1) is 21.2. The molecular weight excluding hydrogens is 459 g/mol. The molecule has 0 saturated heterocycles. The van der Waals surface area contributed by atoms with E-state index in [1.165, 1.54) is 28.7 Å². The number of pyridine rings is 1. The van der Waals surface area contributed by atoms with Crippen molar-refractivity contribution in [3.8, 4) is 10.6 Å². The van der Waals surface area contributed by atoms with Crippen LogP contribution < -0.4 is 16.4 Å². The van der Waals surface area contributed by atoms with Crippen LogP contribution in [0.4, 0.5) is 21.0 Å². The fourth-order valence-electron chi connectivity index (χ4n) is 2.72. The number of hydrogen-bond acceptors (Lipinski definition) is 8. The maximum absolute atomic E-state index is 13.8. The summed E-state index contributed by atoms with van der Waals surface area (Å²) in [5.41, 5.74) is 8.00. The van der Waals surface area contributed by atoms with E-state index in [-0.39, 0.29) is 5.01 Å². The molecule has 0 fully saturated rings. The lowest BCUT2D eigenvalue weighted by molar-refractivity contribution is 0.1000. The lowest BCUT2D eigenvalue weighted by atomic mass is 10.2. The molecule has 0 unspecified atom stereocenters. The maximum atomic E-state index is 13.8. The quantitative estimate of drug-likeness (QED) is 0.339. The standard InChI is InChI=1S/C20H16ClFN6OS2/c1-10-17(31-19(26-10)18(23)29)15-9-30-20(27-15)28-16-5-2-11(8-25-16)7-24-14-4-3-12(21)6-13(14)22/h2-6,8-9,24H,7H2,1H3,(H2,23,29)(H,25,27,28). The number of rotatable bonds is 7. The SMILES string of the molecule is Cc1nc(C(N)=O)sc1-c1csc(Nc2ccc(CNc3ccc(Cl)cc3F)cn2)n1. The lowest BCUT2D eigenvalue weighted by Gasteiger charge is -2.08. The Morgan fingerprint density at radius 3 is 2.77 bits per heavy atom. The molecule has 4 rings (SSSR count). The number of thiazole rings is 2. The summed E-state index contributed by atoms with van der Waals surface area (Å²) in [7, 11) is 0. The lowest BCUT2D eigenvalue weighted by Crippen LogP contribution is -2.10. The summed E-state index contributed by atoms with van der Waals surface area (Å²) in [5, 5.41) is 9.33. The molecule has 4 aromatic rings. The third kappa shape index (κ3) is 4.98. The van der Waals surface area contributed by atoms with Gasteiger partial charge in [0, 0.05) is 23.1 Å². The van der Waals surface area contributed by atoms with Gasteiger partial charge in [0.25, 0.3) is 5.91 Å². The van der Waals surface area contributed by atoms with Gasteiger partial charge in [0.05, 0.1) is 22.0 Å². The Kier molecular flexibility index (Phi) is 6.12. The molecule has 0 radical (unpaired) electrons. The van der Waals surface area contributed by atoms with Gasteiger partial charge >= 0.3 is 0 Å².